The third kappa shape index (κ3) is 3.59. The summed E-state index contributed by atoms with van der Waals surface area (Å²) in [5.74, 6) is -1.47. The summed E-state index contributed by atoms with van der Waals surface area (Å²) in [7, 11) is 0. The van der Waals surface area contributed by atoms with Gasteiger partial charge in [-0.25, -0.2) is 4.98 Å². The third-order valence-corrected chi connectivity index (χ3v) is 2.22. The lowest BCUT2D eigenvalue weighted by molar-refractivity contribution is -0.139. The van der Waals surface area contributed by atoms with Crippen LogP contribution in [0, 0.1) is 0 Å². The van der Waals surface area contributed by atoms with Crippen LogP contribution < -0.4 is 10.5 Å². The lowest BCUT2D eigenvalue weighted by Crippen LogP contribution is -2.29. The normalized spacial score (nSPS) is 12.3. The Morgan fingerprint density at radius 3 is 2.44 bits per heavy atom. The van der Waals surface area contributed by atoms with E-state index in [9.17, 15) is 18.0 Å². The molecule has 0 saturated carbocycles. The van der Waals surface area contributed by atoms with E-state index in [0.717, 1.165) is 0 Å². The lowest BCUT2D eigenvalue weighted by Gasteiger charge is -2.16. The average molecular weight is 327 g/mol. The summed E-state index contributed by atoms with van der Waals surface area (Å²) in [6.07, 6.45) is -4.00. The van der Waals surface area contributed by atoms with Crippen LogP contribution in [0.5, 0.6) is 5.75 Å². The molecule has 4 nitrogen and oxygen atoms in total. The molecule has 0 bridgehead atoms. The molecule has 8 heteroatoms. The maximum absolute atomic E-state index is 12.4. The molecule has 0 amide bonds. The van der Waals surface area contributed by atoms with Gasteiger partial charge in [-0.15, -0.1) is 0 Å². The van der Waals surface area contributed by atoms with Crippen LogP contribution in [0.25, 0.3) is 0 Å². The number of hydrogen-bond donors (Lipinski definition) is 1. The number of halogens is 4. The number of nitrogens with zero attached hydrogens (tertiary/aromatic N) is 1. The molecule has 1 rings (SSSR count). The van der Waals surface area contributed by atoms with Crippen LogP contribution in [-0.4, -0.2) is 15.3 Å². The van der Waals surface area contributed by atoms with E-state index >= 15 is 0 Å². The van der Waals surface area contributed by atoms with Gasteiger partial charge in [0.25, 0.3) is 0 Å². The van der Waals surface area contributed by atoms with Crippen LogP contribution >= 0.6 is 15.9 Å². The Labute approximate surface area is 109 Å². The fourth-order valence-electron chi connectivity index (χ4n) is 0.913. The SMILES string of the molecule is CC(C)(Br)C(=O)Oc1cc(C(F)(F)F)cnc1N. The van der Waals surface area contributed by atoms with Crippen LogP contribution in [0.15, 0.2) is 12.3 Å². The highest BCUT2D eigenvalue weighted by molar-refractivity contribution is 9.10. The van der Waals surface area contributed by atoms with Gasteiger partial charge in [0, 0.05) is 6.20 Å². The second kappa shape index (κ2) is 4.75. The van der Waals surface area contributed by atoms with Gasteiger partial charge in [-0.2, -0.15) is 13.2 Å². The molecule has 1 aromatic heterocycles. The molecule has 0 unspecified atom stereocenters. The minimum absolute atomic E-state index is 0.284. The van der Waals surface area contributed by atoms with E-state index in [-0.39, 0.29) is 5.82 Å². The molecule has 100 valence electrons. The number of hydrogen-bond acceptors (Lipinski definition) is 4. The summed E-state index contributed by atoms with van der Waals surface area (Å²) >= 11 is 3.03. The first-order valence-electron chi connectivity index (χ1n) is 4.75. The standard InChI is InChI=1S/C10H10BrF3N2O2/c1-9(2,11)8(17)18-6-3-5(10(12,13)14)4-16-7(6)15/h3-4H,1-2H3,(H2,15,16). The number of esters is 1. The Hall–Kier alpha value is -1.31. The van der Waals surface area contributed by atoms with Crippen LogP contribution in [-0.2, 0) is 11.0 Å². The maximum atomic E-state index is 12.4. The van der Waals surface area contributed by atoms with Crippen molar-refractivity contribution in [2.75, 3.05) is 5.73 Å². The first-order chi connectivity index (χ1) is 8.01. The van der Waals surface area contributed by atoms with E-state index in [1.807, 2.05) is 0 Å². The van der Waals surface area contributed by atoms with E-state index in [1.165, 1.54) is 13.8 Å². The maximum Gasteiger partial charge on any atom is 0.418 e. The van der Waals surface area contributed by atoms with Crippen molar-refractivity contribution in [2.24, 2.45) is 0 Å². The van der Waals surface area contributed by atoms with Crippen molar-refractivity contribution in [3.63, 3.8) is 0 Å². The van der Waals surface area contributed by atoms with Gasteiger partial charge in [0.05, 0.1) is 5.56 Å². The summed E-state index contributed by atoms with van der Waals surface area (Å²) in [6, 6.07) is 0.638. The van der Waals surface area contributed by atoms with E-state index in [1.54, 1.807) is 0 Å². The molecule has 18 heavy (non-hydrogen) atoms. The quantitative estimate of drug-likeness (QED) is 0.670. The predicted octanol–water partition coefficient (Wildman–Crippen LogP) is 2.76. The van der Waals surface area contributed by atoms with Gasteiger partial charge >= 0.3 is 12.1 Å². The molecule has 0 saturated heterocycles. The number of aromatic nitrogens is 1. The third-order valence-electron chi connectivity index (χ3n) is 1.90. The Morgan fingerprint density at radius 1 is 1.44 bits per heavy atom. The number of ether oxygens (including phenoxy) is 1. The van der Waals surface area contributed by atoms with Crippen LogP contribution in [0.2, 0.25) is 0 Å². The van der Waals surface area contributed by atoms with E-state index in [0.29, 0.717) is 12.3 Å². The highest BCUT2D eigenvalue weighted by Gasteiger charge is 2.33. The summed E-state index contributed by atoms with van der Waals surface area (Å²) in [6.45, 7) is 2.99. The van der Waals surface area contributed by atoms with E-state index in [4.69, 9.17) is 10.5 Å². The minimum Gasteiger partial charge on any atom is -0.422 e. The largest absolute Gasteiger partial charge is 0.422 e. The molecule has 1 heterocycles. The van der Waals surface area contributed by atoms with E-state index < -0.39 is 27.8 Å². The molecule has 0 radical (unpaired) electrons. The number of alkyl halides is 4. The van der Waals surface area contributed by atoms with Crippen molar-refractivity contribution in [2.45, 2.75) is 24.3 Å². The Balaban J connectivity index is 3.06. The second-order valence-corrected chi connectivity index (χ2v) is 5.95. The first-order valence-corrected chi connectivity index (χ1v) is 5.55. The molecule has 1 aromatic rings. The molecule has 2 N–H and O–H groups in total. The lowest BCUT2D eigenvalue weighted by atomic mass is 10.2. The van der Waals surface area contributed by atoms with Crippen LogP contribution in [0.3, 0.4) is 0 Å². The molecular weight excluding hydrogens is 317 g/mol. The Morgan fingerprint density at radius 2 is 2.00 bits per heavy atom. The summed E-state index contributed by atoms with van der Waals surface area (Å²) < 4.78 is 41.1. The molecule has 0 aromatic carbocycles. The van der Waals surface area contributed by atoms with Gasteiger partial charge in [0.1, 0.15) is 4.32 Å². The van der Waals surface area contributed by atoms with Crippen molar-refractivity contribution >= 4 is 27.7 Å². The fraction of sp³-hybridized carbons (Fsp3) is 0.400. The Bertz CT molecular complexity index is 469. The molecule has 0 aliphatic rings. The second-order valence-electron chi connectivity index (χ2n) is 3.97. The van der Waals surface area contributed by atoms with Crippen molar-refractivity contribution in [1.29, 1.82) is 0 Å². The van der Waals surface area contributed by atoms with Crippen molar-refractivity contribution in [1.82, 2.24) is 4.98 Å². The minimum atomic E-state index is -4.58. The van der Waals surface area contributed by atoms with Gasteiger partial charge in [-0.05, 0) is 19.9 Å². The summed E-state index contributed by atoms with van der Waals surface area (Å²) in [5.41, 5.74) is 4.32. The number of carbonyl (C=O) groups excluding carboxylic acids is 1. The number of nitrogens with two attached hydrogens (primary N) is 1. The van der Waals surface area contributed by atoms with Gasteiger partial charge in [-0.3, -0.25) is 4.79 Å². The molecule has 0 spiro atoms. The number of pyridine rings is 1. The highest BCUT2D eigenvalue weighted by atomic mass is 79.9. The monoisotopic (exact) mass is 326 g/mol. The van der Waals surface area contributed by atoms with Gasteiger partial charge in [-0.1, -0.05) is 15.9 Å². The highest BCUT2D eigenvalue weighted by Crippen LogP contribution is 2.33. The van der Waals surface area contributed by atoms with Crippen LogP contribution in [0.1, 0.15) is 19.4 Å². The van der Waals surface area contributed by atoms with Crippen molar-refractivity contribution in [3.05, 3.63) is 17.8 Å². The fourth-order valence-corrected chi connectivity index (χ4v) is 0.994. The smallest absolute Gasteiger partial charge is 0.418 e. The average Bonchev–Trinajstić information content (AvgIpc) is 2.18. The predicted molar refractivity (Wildman–Crippen MR) is 62.3 cm³/mol. The molecular formula is C10H10BrF3N2O2. The molecule has 0 aliphatic carbocycles. The Kier molecular flexibility index (Phi) is 3.89. The number of rotatable bonds is 2. The van der Waals surface area contributed by atoms with Crippen molar-refractivity contribution < 1.29 is 22.7 Å². The van der Waals surface area contributed by atoms with Gasteiger partial charge in [0.15, 0.2) is 11.6 Å². The zero-order valence-electron chi connectivity index (χ0n) is 9.51. The topological polar surface area (TPSA) is 65.2 Å². The van der Waals surface area contributed by atoms with Crippen LogP contribution in [0.4, 0.5) is 19.0 Å². The zero-order chi connectivity index (χ0) is 14.1. The summed E-state index contributed by atoms with van der Waals surface area (Å²) in [5, 5.41) is 0. The summed E-state index contributed by atoms with van der Waals surface area (Å²) in [4.78, 5) is 14.9. The molecule has 0 atom stereocenters. The van der Waals surface area contributed by atoms with E-state index in [2.05, 4.69) is 20.9 Å². The molecule has 0 fully saturated rings. The first kappa shape index (κ1) is 14.7. The number of carbonyl (C=O) groups is 1. The van der Waals surface area contributed by atoms with Crippen molar-refractivity contribution in [3.8, 4) is 5.75 Å². The van der Waals surface area contributed by atoms with Gasteiger partial charge < -0.3 is 10.5 Å². The molecule has 0 aliphatic heterocycles. The van der Waals surface area contributed by atoms with Gasteiger partial charge in [0.2, 0.25) is 0 Å². The zero-order valence-corrected chi connectivity index (χ0v) is 11.1. The number of nitrogen functional groups attached to an aromatic ring is 1. The number of anilines is 1.